The highest BCUT2D eigenvalue weighted by molar-refractivity contribution is 5.89. The van der Waals surface area contributed by atoms with Crippen LogP contribution in [0.15, 0.2) is 54.6 Å². The monoisotopic (exact) mass is 478 g/mol. The topological polar surface area (TPSA) is 71.9 Å². The summed E-state index contributed by atoms with van der Waals surface area (Å²) in [4.78, 5) is 2.16. The van der Waals surface area contributed by atoms with Crippen LogP contribution in [0.4, 0.5) is 5.95 Å². The average molecular weight is 479 g/mol. The number of rotatable bonds is 5. The molecule has 0 N–H and O–H groups in total. The Morgan fingerprint density at radius 2 is 1.69 bits per heavy atom. The first-order valence-electron chi connectivity index (χ1n) is 12.2. The van der Waals surface area contributed by atoms with E-state index in [-0.39, 0.29) is 0 Å². The molecule has 36 heavy (non-hydrogen) atoms. The Hall–Kier alpha value is -4.15. The lowest BCUT2D eigenvalue weighted by Crippen LogP contribution is -2.38. The molecule has 1 saturated heterocycles. The molecule has 1 aliphatic heterocycles. The van der Waals surface area contributed by atoms with Crippen LogP contribution < -0.4 is 4.90 Å². The number of aromatic nitrogens is 4. The number of aryl methyl sites for hydroxylation is 3. The number of nitriles is 1. The van der Waals surface area contributed by atoms with Crippen LogP contribution in [0.25, 0.3) is 23.0 Å². The molecule has 0 amide bonds. The third-order valence-corrected chi connectivity index (χ3v) is 6.68. The van der Waals surface area contributed by atoms with Crippen molar-refractivity contribution in [1.29, 1.82) is 5.26 Å². The molecule has 2 aromatic carbocycles. The highest BCUT2D eigenvalue weighted by Gasteiger charge is 2.24. The van der Waals surface area contributed by atoms with Crippen LogP contribution in [0.2, 0.25) is 0 Å². The normalized spacial score (nSPS) is 14.2. The average Bonchev–Trinajstić information content (AvgIpc) is 3.45. The van der Waals surface area contributed by atoms with Crippen LogP contribution in [-0.2, 0) is 4.74 Å². The van der Waals surface area contributed by atoms with Crippen molar-refractivity contribution >= 4 is 17.6 Å². The van der Waals surface area contributed by atoms with Gasteiger partial charge in [-0.25, -0.2) is 0 Å². The predicted octanol–water partition coefficient (Wildman–Crippen LogP) is 5.19. The fourth-order valence-corrected chi connectivity index (χ4v) is 4.90. The van der Waals surface area contributed by atoms with Crippen LogP contribution in [0.3, 0.4) is 0 Å². The number of ether oxygens (including phenoxy) is 1. The molecule has 0 spiro atoms. The minimum absolute atomic E-state index is 0.465. The lowest BCUT2D eigenvalue weighted by Gasteiger charge is -2.28. The SMILES string of the molecule is Cc1ccc(-n2c(C)cc(C=C(C#N)c3nnc(N4CCOCC4)n3-c3ccccc3)c2C)c(C)c1. The highest BCUT2D eigenvalue weighted by Crippen LogP contribution is 2.29. The molecule has 3 heterocycles. The van der Waals surface area contributed by atoms with Crippen LogP contribution in [0.5, 0.6) is 0 Å². The van der Waals surface area contributed by atoms with Crippen molar-refractivity contribution in [2.24, 2.45) is 0 Å². The summed E-state index contributed by atoms with van der Waals surface area (Å²) in [6, 6.07) is 21.0. The van der Waals surface area contributed by atoms with E-state index in [1.54, 1.807) is 0 Å². The maximum atomic E-state index is 10.3. The van der Waals surface area contributed by atoms with Gasteiger partial charge in [0.05, 0.1) is 24.5 Å². The number of hydrogen-bond acceptors (Lipinski definition) is 5. The van der Waals surface area contributed by atoms with Gasteiger partial charge in [-0.2, -0.15) is 5.26 Å². The smallest absolute Gasteiger partial charge is 0.232 e. The van der Waals surface area contributed by atoms with Crippen molar-refractivity contribution in [2.45, 2.75) is 27.7 Å². The van der Waals surface area contributed by atoms with Gasteiger partial charge >= 0.3 is 0 Å². The number of allylic oxidation sites excluding steroid dienone is 1. The number of hydrogen-bond donors (Lipinski definition) is 0. The summed E-state index contributed by atoms with van der Waals surface area (Å²) < 4.78 is 9.76. The standard InChI is InChI=1S/C29H30N6O/c1-20-10-11-27(21(2)16-20)34-22(3)17-24(23(34)4)18-25(19-30)28-31-32-29(33-12-14-36-15-13-33)35(28)26-8-6-5-7-9-26/h5-11,16-18H,12-15H2,1-4H3. The molecule has 1 fully saturated rings. The van der Waals surface area contributed by atoms with Gasteiger partial charge in [-0.05, 0) is 69.2 Å². The van der Waals surface area contributed by atoms with Crippen LogP contribution >= 0.6 is 0 Å². The van der Waals surface area contributed by atoms with Gasteiger partial charge in [0.15, 0.2) is 5.82 Å². The molecule has 5 rings (SSSR count). The highest BCUT2D eigenvalue weighted by atomic mass is 16.5. The quantitative estimate of drug-likeness (QED) is 0.369. The number of benzene rings is 2. The van der Waals surface area contributed by atoms with Gasteiger partial charge in [0.25, 0.3) is 0 Å². The molecule has 0 unspecified atom stereocenters. The Morgan fingerprint density at radius 3 is 2.39 bits per heavy atom. The second-order valence-corrected chi connectivity index (χ2v) is 9.22. The summed E-state index contributed by atoms with van der Waals surface area (Å²) in [5.74, 6) is 1.25. The van der Waals surface area contributed by atoms with E-state index in [2.05, 4.69) is 77.7 Å². The van der Waals surface area contributed by atoms with Crippen molar-refractivity contribution in [2.75, 3.05) is 31.2 Å². The fourth-order valence-electron chi connectivity index (χ4n) is 4.90. The summed E-state index contributed by atoms with van der Waals surface area (Å²) >= 11 is 0. The molecule has 0 saturated carbocycles. The van der Waals surface area contributed by atoms with Gasteiger partial charge in [-0.1, -0.05) is 35.9 Å². The van der Waals surface area contributed by atoms with Gasteiger partial charge in [0, 0.05) is 30.2 Å². The van der Waals surface area contributed by atoms with E-state index in [9.17, 15) is 5.26 Å². The van der Waals surface area contributed by atoms with Crippen molar-refractivity contribution in [3.8, 4) is 17.4 Å². The first-order chi connectivity index (χ1) is 17.5. The lowest BCUT2D eigenvalue weighted by molar-refractivity contribution is 0.122. The van der Waals surface area contributed by atoms with E-state index in [0.29, 0.717) is 24.6 Å². The Kier molecular flexibility index (Phi) is 6.45. The lowest BCUT2D eigenvalue weighted by atomic mass is 10.1. The third-order valence-electron chi connectivity index (χ3n) is 6.68. The number of nitrogens with zero attached hydrogens (tertiary/aromatic N) is 6. The molecular formula is C29H30N6O. The number of para-hydroxylation sites is 1. The molecule has 0 aliphatic carbocycles. The minimum Gasteiger partial charge on any atom is -0.378 e. The largest absolute Gasteiger partial charge is 0.378 e. The van der Waals surface area contributed by atoms with Crippen molar-refractivity contribution < 1.29 is 4.74 Å². The summed E-state index contributed by atoms with van der Waals surface area (Å²) in [5.41, 5.74) is 8.16. The molecule has 4 aromatic rings. The maximum absolute atomic E-state index is 10.3. The fraction of sp³-hybridized carbons (Fsp3) is 0.276. The molecule has 0 bridgehead atoms. The zero-order valence-electron chi connectivity index (χ0n) is 21.2. The molecule has 182 valence electrons. The van der Waals surface area contributed by atoms with Crippen molar-refractivity contribution in [1.82, 2.24) is 19.3 Å². The summed E-state index contributed by atoms with van der Waals surface area (Å²) in [6.45, 7) is 11.2. The second kappa shape index (κ2) is 9.84. The van der Waals surface area contributed by atoms with Gasteiger partial charge in [0.2, 0.25) is 5.95 Å². The minimum atomic E-state index is 0.465. The van der Waals surface area contributed by atoms with Crippen molar-refractivity contribution in [3.63, 3.8) is 0 Å². The first-order valence-corrected chi connectivity index (χ1v) is 12.2. The Labute approximate surface area is 211 Å². The molecule has 7 nitrogen and oxygen atoms in total. The van der Waals surface area contributed by atoms with Crippen LogP contribution in [-0.4, -0.2) is 45.6 Å². The van der Waals surface area contributed by atoms with Crippen LogP contribution in [0, 0.1) is 39.0 Å². The van der Waals surface area contributed by atoms with Gasteiger partial charge in [0.1, 0.15) is 6.07 Å². The Morgan fingerprint density at radius 1 is 0.944 bits per heavy atom. The maximum Gasteiger partial charge on any atom is 0.232 e. The predicted molar refractivity (Wildman–Crippen MR) is 143 cm³/mol. The summed E-state index contributed by atoms with van der Waals surface area (Å²) in [7, 11) is 0. The zero-order chi connectivity index (χ0) is 25.2. The first kappa shape index (κ1) is 23.6. The Balaban J connectivity index is 1.62. The van der Waals surface area contributed by atoms with E-state index < -0.39 is 0 Å². The van der Waals surface area contributed by atoms with Crippen molar-refractivity contribution in [3.05, 3.63) is 88.5 Å². The molecule has 7 heteroatoms. The molecule has 1 aliphatic rings. The summed E-state index contributed by atoms with van der Waals surface area (Å²) in [6.07, 6.45) is 1.93. The molecular weight excluding hydrogens is 448 g/mol. The van der Waals surface area contributed by atoms with E-state index >= 15 is 0 Å². The Bertz CT molecular complexity index is 1470. The summed E-state index contributed by atoms with van der Waals surface area (Å²) in [5, 5.41) is 19.3. The molecule has 2 aromatic heterocycles. The number of anilines is 1. The van der Waals surface area contributed by atoms with E-state index in [4.69, 9.17) is 4.74 Å². The molecule has 0 radical (unpaired) electrons. The van der Waals surface area contributed by atoms with Gasteiger partial charge < -0.3 is 14.2 Å². The molecule has 0 atom stereocenters. The second-order valence-electron chi connectivity index (χ2n) is 9.22. The van der Waals surface area contributed by atoms with E-state index in [0.717, 1.165) is 47.4 Å². The van der Waals surface area contributed by atoms with Crippen LogP contribution in [0.1, 0.15) is 33.9 Å². The van der Waals surface area contributed by atoms with E-state index in [1.165, 1.54) is 11.1 Å². The van der Waals surface area contributed by atoms with Gasteiger partial charge in [-0.3, -0.25) is 4.57 Å². The zero-order valence-corrected chi connectivity index (χ0v) is 21.2. The third kappa shape index (κ3) is 4.32. The van der Waals surface area contributed by atoms with Gasteiger partial charge in [-0.15, -0.1) is 10.2 Å². The number of morpholine rings is 1. The van der Waals surface area contributed by atoms with E-state index in [1.807, 2.05) is 41.0 Å².